The van der Waals surface area contributed by atoms with Crippen molar-refractivity contribution in [2.24, 2.45) is 11.7 Å². The zero-order valence-corrected chi connectivity index (χ0v) is 7.09. The topological polar surface area (TPSA) is 29.3 Å². The predicted octanol–water partition coefficient (Wildman–Crippen LogP) is 0.625. The summed E-state index contributed by atoms with van der Waals surface area (Å²) in [5, 5.41) is 0. The first kappa shape index (κ1) is 8.94. The van der Waals surface area contributed by atoms with Crippen molar-refractivity contribution in [1.82, 2.24) is 4.90 Å². The van der Waals surface area contributed by atoms with Crippen molar-refractivity contribution in [2.45, 2.75) is 19.4 Å². The number of piperidine rings is 1. The van der Waals surface area contributed by atoms with Gasteiger partial charge in [0.2, 0.25) is 0 Å². The van der Waals surface area contributed by atoms with Gasteiger partial charge in [0.25, 0.3) is 0 Å². The lowest BCUT2D eigenvalue weighted by atomic mass is 9.97. The van der Waals surface area contributed by atoms with Crippen LogP contribution in [0.3, 0.4) is 0 Å². The first-order valence-electron chi connectivity index (χ1n) is 4.26. The van der Waals surface area contributed by atoms with Crippen LogP contribution in [0.5, 0.6) is 0 Å². The second-order valence-corrected chi connectivity index (χ2v) is 3.55. The normalized spacial score (nSPS) is 34.1. The van der Waals surface area contributed by atoms with E-state index in [1.807, 2.05) is 0 Å². The largest absolute Gasteiger partial charge is 0.327 e. The van der Waals surface area contributed by atoms with Crippen molar-refractivity contribution in [3.05, 3.63) is 0 Å². The minimum Gasteiger partial charge on any atom is -0.327 e. The Morgan fingerprint density at radius 3 is 2.82 bits per heavy atom. The first-order chi connectivity index (χ1) is 5.22. The Kier molecular flexibility index (Phi) is 3.27. The molecule has 11 heavy (non-hydrogen) atoms. The fraction of sp³-hybridized carbons (Fsp3) is 1.00. The molecule has 0 spiro atoms. The van der Waals surface area contributed by atoms with Crippen molar-refractivity contribution in [2.75, 3.05) is 26.3 Å². The summed E-state index contributed by atoms with van der Waals surface area (Å²) in [6.07, 6.45) is 1.09. The van der Waals surface area contributed by atoms with Gasteiger partial charge in [0, 0.05) is 25.7 Å². The van der Waals surface area contributed by atoms with Crippen LogP contribution in [0, 0.1) is 5.92 Å². The molecule has 0 bridgehead atoms. The van der Waals surface area contributed by atoms with Crippen LogP contribution in [0.2, 0.25) is 0 Å². The van der Waals surface area contributed by atoms with Gasteiger partial charge in [0.15, 0.2) is 0 Å². The number of nitrogens with two attached hydrogens (primary N) is 1. The highest BCUT2D eigenvalue weighted by molar-refractivity contribution is 4.78. The molecular weight excluding hydrogens is 143 g/mol. The molecule has 66 valence electrons. The van der Waals surface area contributed by atoms with Crippen LogP contribution in [0.25, 0.3) is 0 Å². The molecule has 2 nitrogen and oxygen atoms in total. The van der Waals surface area contributed by atoms with Crippen LogP contribution in [-0.4, -0.2) is 37.3 Å². The highest BCUT2D eigenvalue weighted by Crippen LogP contribution is 2.14. The Bertz CT molecular complexity index is 109. The van der Waals surface area contributed by atoms with E-state index in [1.165, 1.54) is 0 Å². The second-order valence-electron chi connectivity index (χ2n) is 3.55. The Morgan fingerprint density at radius 1 is 1.55 bits per heavy atom. The molecule has 1 saturated heterocycles. The van der Waals surface area contributed by atoms with Crippen LogP contribution in [0.1, 0.15) is 13.3 Å². The lowest BCUT2D eigenvalue weighted by Crippen LogP contribution is -2.46. The molecule has 0 aromatic carbocycles. The molecule has 2 N–H and O–H groups in total. The van der Waals surface area contributed by atoms with Gasteiger partial charge < -0.3 is 5.73 Å². The number of hydrogen-bond donors (Lipinski definition) is 1. The molecule has 0 saturated carbocycles. The molecule has 0 radical (unpaired) electrons. The molecule has 1 fully saturated rings. The van der Waals surface area contributed by atoms with Gasteiger partial charge in [-0.05, 0) is 12.3 Å². The van der Waals surface area contributed by atoms with E-state index in [2.05, 4.69) is 11.8 Å². The maximum absolute atomic E-state index is 11.9. The summed E-state index contributed by atoms with van der Waals surface area (Å²) in [4.78, 5) is 2.11. The molecule has 1 rings (SSSR count). The predicted molar refractivity (Wildman–Crippen MR) is 44.2 cm³/mol. The van der Waals surface area contributed by atoms with Gasteiger partial charge in [-0.3, -0.25) is 4.90 Å². The van der Waals surface area contributed by atoms with Gasteiger partial charge in [-0.2, -0.15) is 0 Å². The van der Waals surface area contributed by atoms with E-state index < -0.39 is 0 Å². The van der Waals surface area contributed by atoms with Crippen molar-refractivity contribution < 1.29 is 4.39 Å². The summed E-state index contributed by atoms with van der Waals surface area (Å²) >= 11 is 0. The van der Waals surface area contributed by atoms with Gasteiger partial charge in [0.1, 0.15) is 6.67 Å². The zero-order valence-electron chi connectivity index (χ0n) is 7.09. The molecular formula is C8H17FN2. The van der Waals surface area contributed by atoms with Crippen molar-refractivity contribution in [1.29, 1.82) is 0 Å². The van der Waals surface area contributed by atoms with Crippen molar-refractivity contribution >= 4 is 0 Å². The average molecular weight is 160 g/mol. The summed E-state index contributed by atoms with van der Waals surface area (Å²) in [5.74, 6) is 0.630. The molecule has 0 aliphatic carbocycles. The maximum Gasteiger partial charge on any atom is 0.102 e. The van der Waals surface area contributed by atoms with Crippen LogP contribution in [0.15, 0.2) is 0 Å². The van der Waals surface area contributed by atoms with E-state index in [1.54, 1.807) is 0 Å². The van der Waals surface area contributed by atoms with Crippen LogP contribution in [-0.2, 0) is 0 Å². The smallest absolute Gasteiger partial charge is 0.102 e. The van der Waals surface area contributed by atoms with E-state index in [0.717, 1.165) is 19.5 Å². The molecule has 3 heteroatoms. The van der Waals surface area contributed by atoms with E-state index in [4.69, 9.17) is 5.73 Å². The molecule has 0 aromatic heterocycles. The molecule has 1 aliphatic heterocycles. The van der Waals surface area contributed by atoms with Crippen LogP contribution < -0.4 is 5.73 Å². The number of likely N-dealkylation sites (tertiary alicyclic amines) is 1. The third-order valence-corrected chi connectivity index (χ3v) is 2.17. The number of alkyl halides is 1. The number of rotatable bonds is 2. The van der Waals surface area contributed by atoms with Gasteiger partial charge in [-0.15, -0.1) is 0 Å². The molecule has 0 aromatic rings. The second kappa shape index (κ2) is 4.02. The molecule has 0 amide bonds. The average Bonchev–Trinajstić information content (AvgIpc) is 1.85. The summed E-state index contributed by atoms with van der Waals surface area (Å²) in [6, 6.07) is 0.255. The monoisotopic (exact) mass is 160 g/mol. The Morgan fingerprint density at radius 2 is 2.27 bits per heavy atom. The number of nitrogens with zero attached hydrogens (tertiary/aromatic N) is 1. The van der Waals surface area contributed by atoms with E-state index in [9.17, 15) is 4.39 Å². The number of hydrogen-bond acceptors (Lipinski definition) is 2. The summed E-state index contributed by atoms with van der Waals surface area (Å²) in [7, 11) is 0. The van der Waals surface area contributed by atoms with Crippen LogP contribution >= 0.6 is 0 Å². The maximum atomic E-state index is 11.9. The van der Waals surface area contributed by atoms with E-state index in [-0.39, 0.29) is 12.7 Å². The summed E-state index contributed by atoms with van der Waals surface area (Å²) < 4.78 is 11.9. The van der Waals surface area contributed by atoms with E-state index in [0.29, 0.717) is 12.5 Å². The minimum atomic E-state index is -0.251. The van der Waals surface area contributed by atoms with Crippen molar-refractivity contribution in [3.63, 3.8) is 0 Å². The third kappa shape index (κ3) is 2.75. The van der Waals surface area contributed by atoms with E-state index >= 15 is 0 Å². The van der Waals surface area contributed by atoms with Gasteiger partial charge in [-0.25, -0.2) is 4.39 Å². The van der Waals surface area contributed by atoms with Gasteiger partial charge in [0.05, 0.1) is 0 Å². The first-order valence-corrected chi connectivity index (χ1v) is 4.26. The fourth-order valence-corrected chi connectivity index (χ4v) is 1.81. The lowest BCUT2D eigenvalue weighted by Gasteiger charge is -2.33. The molecule has 2 unspecified atom stereocenters. The third-order valence-electron chi connectivity index (χ3n) is 2.17. The Balaban J connectivity index is 2.30. The van der Waals surface area contributed by atoms with Gasteiger partial charge in [-0.1, -0.05) is 6.92 Å². The Labute approximate surface area is 67.6 Å². The van der Waals surface area contributed by atoms with Crippen molar-refractivity contribution in [3.8, 4) is 0 Å². The molecule has 1 heterocycles. The fourth-order valence-electron chi connectivity index (χ4n) is 1.81. The summed E-state index contributed by atoms with van der Waals surface area (Å²) in [6.45, 7) is 4.35. The highest BCUT2D eigenvalue weighted by atomic mass is 19.1. The standard InChI is InChI=1S/C8H17FN2/c1-7-4-8(10)6-11(5-7)3-2-9/h7-8H,2-6,10H2,1H3. The van der Waals surface area contributed by atoms with Gasteiger partial charge >= 0.3 is 0 Å². The molecule has 2 atom stereocenters. The SMILES string of the molecule is CC1CC(N)CN(CCF)C1. The molecule has 1 aliphatic rings. The highest BCUT2D eigenvalue weighted by Gasteiger charge is 2.21. The summed E-state index contributed by atoms with van der Waals surface area (Å²) in [5.41, 5.74) is 5.78. The minimum absolute atomic E-state index is 0.251. The number of halogens is 1. The Hall–Kier alpha value is -0.150. The quantitative estimate of drug-likeness (QED) is 0.642. The van der Waals surface area contributed by atoms with Crippen LogP contribution in [0.4, 0.5) is 4.39 Å². The zero-order chi connectivity index (χ0) is 8.27. The lowest BCUT2D eigenvalue weighted by molar-refractivity contribution is 0.155.